The van der Waals surface area contributed by atoms with Crippen molar-refractivity contribution in [1.82, 2.24) is 4.90 Å². The summed E-state index contributed by atoms with van der Waals surface area (Å²) in [6.45, 7) is 4.81. The minimum atomic E-state index is -0.402. The molecule has 5 heteroatoms. The van der Waals surface area contributed by atoms with E-state index in [1.54, 1.807) is 23.1 Å². The number of nitro benzene ring substituents is 1. The molecule has 5 nitrogen and oxygen atoms in total. The zero-order chi connectivity index (χ0) is 13.3. The van der Waals surface area contributed by atoms with E-state index < -0.39 is 4.92 Å². The summed E-state index contributed by atoms with van der Waals surface area (Å²) in [5, 5.41) is 10.9. The molecule has 0 atom stereocenters. The molecule has 0 N–H and O–H groups in total. The van der Waals surface area contributed by atoms with Crippen molar-refractivity contribution in [2.75, 3.05) is 6.54 Å². The van der Waals surface area contributed by atoms with Gasteiger partial charge in [-0.1, -0.05) is 32.0 Å². The lowest BCUT2D eigenvalue weighted by Crippen LogP contribution is -2.30. The summed E-state index contributed by atoms with van der Waals surface area (Å²) in [6, 6.07) is 6.57. The highest BCUT2D eigenvalue weighted by Gasteiger charge is 2.38. The summed E-state index contributed by atoms with van der Waals surface area (Å²) < 4.78 is 0. The van der Waals surface area contributed by atoms with E-state index in [0.29, 0.717) is 18.7 Å². The molecule has 1 amide bonds. The Balaban J connectivity index is 2.21. The largest absolute Gasteiger partial charge is 0.338 e. The number of rotatable bonds is 3. The molecule has 0 saturated carbocycles. The number of carbonyl (C=O) groups is 1. The van der Waals surface area contributed by atoms with Gasteiger partial charge in [0.1, 0.15) is 0 Å². The van der Waals surface area contributed by atoms with E-state index >= 15 is 0 Å². The topological polar surface area (TPSA) is 63.4 Å². The van der Waals surface area contributed by atoms with E-state index in [0.717, 1.165) is 6.42 Å². The van der Waals surface area contributed by atoms with E-state index in [1.807, 2.05) is 13.8 Å². The van der Waals surface area contributed by atoms with Gasteiger partial charge in [-0.25, -0.2) is 0 Å². The van der Waals surface area contributed by atoms with Gasteiger partial charge in [-0.3, -0.25) is 14.9 Å². The van der Waals surface area contributed by atoms with E-state index in [9.17, 15) is 14.9 Å². The van der Waals surface area contributed by atoms with Crippen molar-refractivity contribution in [1.29, 1.82) is 0 Å². The van der Waals surface area contributed by atoms with Gasteiger partial charge >= 0.3 is 0 Å². The van der Waals surface area contributed by atoms with Crippen LogP contribution in [0.5, 0.6) is 0 Å². The number of amides is 1. The maximum atomic E-state index is 12.1. The van der Waals surface area contributed by atoms with Gasteiger partial charge in [-0.15, -0.1) is 0 Å². The minimum absolute atomic E-state index is 0.0700. The van der Waals surface area contributed by atoms with Gasteiger partial charge < -0.3 is 4.90 Å². The molecule has 0 spiro atoms. The van der Waals surface area contributed by atoms with Crippen LogP contribution in [0.2, 0.25) is 0 Å². The molecule has 96 valence electrons. The van der Waals surface area contributed by atoms with Crippen molar-refractivity contribution in [2.45, 2.75) is 26.8 Å². The van der Waals surface area contributed by atoms with Gasteiger partial charge in [0.25, 0.3) is 5.69 Å². The normalized spacial score (nSPS) is 18.1. The molecule has 1 heterocycles. The van der Waals surface area contributed by atoms with Crippen LogP contribution >= 0.6 is 0 Å². The second-order valence-electron chi connectivity index (χ2n) is 5.25. The van der Waals surface area contributed by atoms with Crippen LogP contribution in [0.1, 0.15) is 25.8 Å². The lowest BCUT2D eigenvalue weighted by Gasteiger charge is -2.19. The summed E-state index contributed by atoms with van der Waals surface area (Å²) in [7, 11) is 0. The summed E-state index contributed by atoms with van der Waals surface area (Å²) in [4.78, 5) is 24.3. The van der Waals surface area contributed by atoms with Gasteiger partial charge in [0.2, 0.25) is 5.91 Å². The first-order valence-corrected chi connectivity index (χ1v) is 5.93. The number of hydrogen-bond acceptors (Lipinski definition) is 3. The van der Waals surface area contributed by atoms with Crippen LogP contribution < -0.4 is 0 Å². The Morgan fingerprint density at radius 3 is 2.61 bits per heavy atom. The monoisotopic (exact) mass is 248 g/mol. The SMILES string of the molecule is CC1(C)CCN(Cc2ccccc2[N+](=O)[O-])C1=O. The van der Waals surface area contributed by atoms with Gasteiger partial charge in [0, 0.05) is 23.6 Å². The highest BCUT2D eigenvalue weighted by molar-refractivity contribution is 5.84. The minimum Gasteiger partial charge on any atom is -0.338 e. The fourth-order valence-electron chi connectivity index (χ4n) is 2.23. The van der Waals surface area contributed by atoms with E-state index in [1.165, 1.54) is 6.07 Å². The highest BCUT2D eigenvalue weighted by Crippen LogP contribution is 2.32. The molecule has 0 unspecified atom stereocenters. The van der Waals surface area contributed by atoms with Gasteiger partial charge in [0.05, 0.1) is 11.5 Å². The van der Waals surface area contributed by atoms with Crippen LogP contribution in [0.25, 0.3) is 0 Å². The Morgan fingerprint density at radius 1 is 1.39 bits per heavy atom. The molecular weight excluding hydrogens is 232 g/mol. The number of nitrogens with zero attached hydrogens (tertiary/aromatic N) is 2. The van der Waals surface area contributed by atoms with Crippen LogP contribution in [0.3, 0.4) is 0 Å². The lowest BCUT2D eigenvalue weighted by molar-refractivity contribution is -0.385. The second kappa shape index (κ2) is 4.40. The first-order valence-electron chi connectivity index (χ1n) is 5.93. The third-order valence-electron chi connectivity index (χ3n) is 3.42. The summed E-state index contributed by atoms with van der Waals surface area (Å²) in [5.74, 6) is 0.0700. The molecule has 0 radical (unpaired) electrons. The Kier molecular flexibility index (Phi) is 3.07. The predicted molar refractivity (Wildman–Crippen MR) is 66.9 cm³/mol. The molecule has 1 aromatic rings. The first kappa shape index (κ1) is 12.5. The number of likely N-dealkylation sites (tertiary alicyclic amines) is 1. The molecular formula is C13H16N2O3. The van der Waals surface area contributed by atoms with Crippen LogP contribution in [0.4, 0.5) is 5.69 Å². The number of hydrogen-bond donors (Lipinski definition) is 0. The Labute approximate surface area is 106 Å². The molecule has 1 aliphatic heterocycles. The van der Waals surface area contributed by atoms with Crippen molar-refractivity contribution in [3.8, 4) is 0 Å². The first-order chi connectivity index (χ1) is 8.42. The van der Waals surface area contributed by atoms with Crippen LogP contribution in [-0.4, -0.2) is 22.3 Å². The average molecular weight is 248 g/mol. The third kappa shape index (κ3) is 2.20. The molecule has 1 aliphatic rings. The smallest absolute Gasteiger partial charge is 0.274 e. The maximum absolute atomic E-state index is 12.1. The van der Waals surface area contributed by atoms with E-state index in [2.05, 4.69) is 0 Å². The zero-order valence-electron chi connectivity index (χ0n) is 10.5. The third-order valence-corrected chi connectivity index (χ3v) is 3.42. The van der Waals surface area contributed by atoms with E-state index in [4.69, 9.17) is 0 Å². The van der Waals surface area contributed by atoms with Crippen molar-refractivity contribution in [2.24, 2.45) is 5.41 Å². The predicted octanol–water partition coefficient (Wildman–Crippen LogP) is 2.35. The molecule has 0 aromatic heterocycles. The highest BCUT2D eigenvalue weighted by atomic mass is 16.6. The van der Waals surface area contributed by atoms with Crippen molar-refractivity contribution < 1.29 is 9.72 Å². The number of nitro groups is 1. The van der Waals surface area contributed by atoms with Crippen LogP contribution in [0.15, 0.2) is 24.3 Å². The van der Waals surface area contributed by atoms with E-state index in [-0.39, 0.29) is 17.0 Å². The molecule has 18 heavy (non-hydrogen) atoms. The number of carbonyl (C=O) groups excluding carboxylic acids is 1. The molecule has 0 bridgehead atoms. The Morgan fingerprint density at radius 2 is 2.06 bits per heavy atom. The number of benzene rings is 1. The second-order valence-corrected chi connectivity index (χ2v) is 5.25. The van der Waals surface area contributed by atoms with Crippen LogP contribution in [0, 0.1) is 15.5 Å². The quantitative estimate of drug-likeness (QED) is 0.609. The maximum Gasteiger partial charge on any atom is 0.274 e. The summed E-state index contributed by atoms with van der Waals surface area (Å²) >= 11 is 0. The molecule has 0 aliphatic carbocycles. The van der Waals surface area contributed by atoms with Crippen molar-refractivity contribution in [3.63, 3.8) is 0 Å². The summed E-state index contributed by atoms with van der Waals surface area (Å²) in [6.07, 6.45) is 0.798. The Bertz CT molecular complexity index is 497. The molecule has 2 rings (SSSR count). The van der Waals surface area contributed by atoms with Gasteiger partial charge in [-0.05, 0) is 6.42 Å². The fraction of sp³-hybridized carbons (Fsp3) is 0.462. The lowest BCUT2D eigenvalue weighted by atomic mass is 9.92. The average Bonchev–Trinajstić information content (AvgIpc) is 2.57. The molecule has 1 saturated heterocycles. The zero-order valence-corrected chi connectivity index (χ0v) is 10.5. The molecule has 1 aromatic carbocycles. The Hall–Kier alpha value is -1.91. The number of para-hydroxylation sites is 1. The molecule has 1 fully saturated rings. The van der Waals surface area contributed by atoms with Crippen molar-refractivity contribution >= 4 is 11.6 Å². The van der Waals surface area contributed by atoms with Gasteiger partial charge in [0.15, 0.2) is 0 Å². The standard InChI is InChI=1S/C13H16N2O3/c1-13(2)7-8-14(12(13)16)9-10-5-3-4-6-11(10)15(17)18/h3-6H,7-9H2,1-2H3. The van der Waals surface area contributed by atoms with Crippen molar-refractivity contribution in [3.05, 3.63) is 39.9 Å². The fourth-order valence-corrected chi connectivity index (χ4v) is 2.23. The van der Waals surface area contributed by atoms with Crippen LogP contribution in [-0.2, 0) is 11.3 Å². The summed E-state index contributed by atoms with van der Waals surface area (Å²) in [5.41, 5.74) is 0.326. The van der Waals surface area contributed by atoms with Gasteiger partial charge in [-0.2, -0.15) is 0 Å².